The number of unbranched alkanes of at least 4 members (excludes halogenated alkanes) is 1. The molecule has 0 aromatic carbocycles. The Kier molecular flexibility index (Phi) is 10.3. The molecule has 0 aliphatic carbocycles. The molecule has 0 aliphatic rings. The lowest BCUT2D eigenvalue weighted by molar-refractivity contribution is -0.139. The topological polar surface area (TPSA) is 52.3 Å². The highest BCUT2D eigenvalue weighted by atomic mass is 16.5. The van der Waals surface area contributed by atoms with Crippen LogP contribution >= 0.6 is 0 Å². The molecule has 0 rings (SSSR count). The van der Waals surface area contributed by atoms with Gasteiger partial charge in [-0.05, 0) is 33.1 Å². The summed E-state index contributed by atoms with van der Waals surface area (Å²) >= 11 is 0. The highest BCUT2D eigenvalue weighted by Gasteiger charge is 2.24. The molecule has 0 atom stereocenters. The van der Waals surface area contributed by atoms with Crippen LogP contribution in [0.1, 0.15) is 40.0 Å². The first-order valence-corrected chi connectivity index (χ1v) is 7.09. The average Bonchev–Trinajstić information content (AvgIpc) is 2.39. The molecule has 0 aromatic heterocycles. The van der Waals surface area contributed by atoms with Crippen LogP contribution in [-0.2, 0) is 9.53 Å². The van der Waals surface area contributed by atoms with E-state index >= 15 is 0 Å². The van der Waals surface area contributed by atoms with Gasteiger partial charge in [-0.2, -0.15) is 0 Å². The fourth-order valence-corrected chi connectivity index (χ4v) is 1.25. The number of carbonyl (C=O) groups excluding carboxylic acids is 1. The van der Waals surface area contributed by atoms with Crippen molar-refractivity contribution in [3.05, 3.63) is 48.6 Å². The minimum Gasteiger partial charge on any atom is -0.367 e. The number of primary amides is 1. The summed E-state index contributed by atoms with van der Waals surface area (Å²) in [4.78, 5) is 11.0. The van der Waals surface area contributed by atoms with E-state index in [1.807, 2.05) is 36.5 Å². The van der Waals surface area contributed by atoms with Crippen molar-refractivity contribution in [2.75, 3.05) is 6.61 Å². The average molecular weight is 277 g/mol. The summed E-state index contributed by atoms with van der Waals surface area (Å²) in [6.45, 7) is 6.02. The third-order valence-corrected chi connectivity index (χ3v) is 2.63. The van der Waals surface area contributed by atoms with E-state index in [9.17, 15) is 4.79 Å². The van der Waals surface area contributed by atoms with Crippen molar-refractivity contribution in [2.45, 2.75) is 45.6 Å². The molecule has 0 aromatic rings. The Hall–Kier alpha value is -1.61. The fraction of sp³-hybridized carbons (Fsp3) is 0.471. The number of amides is 1. The van der Waals surface area contributed by atoms with E-state index in [1.165, 1.54) is 0 Å². The number of rotatable bonds is 10. The standard InChI is InChI=1S/C17H27NO2/c1-4-5-6-7-8-9-10-11-12-13-14-15-20-17(2,3)16(18)19/h5-12H,4,13-15H2,1-3H3,(H2,18,19). The zero-order valence-corrected chi connectivity index (χ0v) is 12.8. The molecule has 2 N–H and O–H groups in total. The minimum atomic E-state index is -0.875. The van der Waals surface area contributed by atoms with Crippen LogP contribution < -0.4 is 5.73 Å². The summed E-state index contributed by atoms with van der Waals surface area (Å²) in [6.07, 6.45) is 19.0. The molecule has 0 fully saturated rings. The third kappa shape index (κ3) is 10.3. The number of hydrogen-bond acceptors (Lipinski definition) is 2. The maximum atomic E-state index is 11.0. The molecule has 0 saturated heterocycles. The van der Waals surface area contributed by atoms with Gasteiger partial charge in [-0.15, -0.1) is 0 Å². The van der Waals surface area contributed by atoms with E-state index < -0.39 is 11.5 Å². The molecular formula is C17H27NO2. The van der Waals surface area contributed by atoms with E-state index in [0.29, 0.717) is 6.61 Å². The van der Waals surface area contributed by atoms with Crippen molar-refractivity contribution in [3.63, 3.8) is 0 Å². The summed E-state index contributed by atoms with van der Waals surface area (Å²) in [5.41, 5.74) is 4.34. The lowest BCUT2D eigenvalue weighted by Crippen LogP contribution is -2.40. The highest BCUT2D eigenvalue weighted by Crippen LogP contribution is 2.08. The van der Waals surface area contributed by atoms with Gasteiger partial charge in [0.15, 0.2) is 0 Å². The first kappa shape index (κ1) is 18.4. The Morgan fingerprint density at radius 1 is 1.05 bits per heavy atom. The lowest BCUT2D eigenvalue weighted by Gasteiger charge is -2.20. The molecule has 20 heavy (non-hydrogen) atoms. The van der Waals surface area contributed by atoms with Gasteiger partial charge < -0.3 is 10.5 Å². The fourth-order valence-electron chi connectivity index (χ4n) is 1.25. The summed E-state index contributed by atoms with van der Waals surface area (Å²) < 4.78 is 5.43. The molecule has 3 heteroatoms. The maximum absolute atomic E-state index is 11.0. The Labute approximate surface area is 122 Å². The molecule has 112 valence electrons. The van der Waals surface area contributed by atoms with Crippen molar-refractivity contribution in [1.82, 2.24) is 0 Å². The number of hydrogen-bond donors (Lipinski definition) is 1. The first-order valence-electron chi connectivity index (χ1n) is 7.09. The van der Waals surface area contributed by atoms with E-state index in [4.69, 9.17) is 10.5 Å². The molecule has 3 nitrogen and oxygen atoms in total. The van der Waals surface area contributed by atoms with E-state index in [2.05, 4.69) is 19.1 Å². The lowest BCUT2D eigenvalue weighted by atomic mass is 10.1. The summed E-state index contributed by atoms with van der Waals surface area (Å²) in [7, 11) is 0. The van der Waals surface area contributed by atoms with Gasteiger partial charge in [-0.25, -0.2) is 0 Å². The van der Waals surface area contributed by atoms with Crippen LogP contribution in [0.4, 0.5) is 0 Å². The van der Waals surface area contributed by atoms with Crippen LogP contribution in [0.2, 0.25) is 0 Å². The normalized spacial score (nSPS) is 13.3. The third-order valence-electron chi connectivity index (χ3n) is 2.63. The van der Waals surface area contributed by atoms with Crippen LogP contribution in [0.5, 0.6) is 0 Å². The molecular weight excluding hydrogens is 250 g/mol. The van der Waals surface area contributed by atoms with Gasteiger partial charge in [0, 0.05) is 6.61 Å². The molecule has 0 spiro atoms. The summed E-state index contributed by atoms with van der Waals surface area (Å²) in [5.74, 6) is -0.431. The predicted molar refractivity (Wildman–Crippen MR) is 85.3 cm³/mol. The van der Waals surface area contributed by atoms with Crippen LogP contribution in [0.15, 0.2) is 48.6 Å². The van der Waals surface area contributed by atoms with Gasteiger partial charge in [0.1, 0.15) is 5.60 Å². The summed E-state index contributed by atoms with van der Waals surface area (Å²) in [6, 6.07) is 0. The van der Waals surface area contributed by atoms with Gasteiger partial charge in [0.05, 0.1) is 0 Å². The molecule has 0 bridgehead atoms. The first-order chi connectivity index (χ1) is 9.50. The molecule has 0 aliphatic heterocycles. The number of nitrogens with two attached hydrogens (primary N) is 1. The number of allylic oxidation sites excluding steroid dienone is 8. The number of carbonyl (C=O) groups is 1. The second kappa shape index (κ2) is 11.2. The molecule has 0 radical (unpaired) electrons. The van der Waals surface area contributed by atoms with Crippen LogP contribution in [0.3, 0.4) is 0 Å². The van der Waals surface area contributed by atoms with Crippen LogP contribution in [0.25, 0.3) is 0 Å². The van der Waals surface area contributed by atoms with Crippen molar-refractivity contribution in [2.24, 2.45) is 5.73 Å². The van der Waals surface area contributed by atoms with Crippen molar-refractivity contribution in [1.29, 1.82) is 0 Å². The second-order valence-electron chi connectivity index (χ2n) is 4.90. The number of ether oxygens (including phenoxy) is 1. The highest BCUT2D eigenvalue weighted by molar-refractivity contribution is 5.82. The largest absolute Gasteiger partial charge is 0.367 e. The van der Waals surface area contributed by atoms with Gasteiger partial charge in [0.2, 0.25) is 5.91 Å². The van der Waals surface area contributed by atoms with Gasteiger partial charge >= 0.3 is 0 Å². The monoisotopic (exact) mass is 277 g/mol. The quantitative estimate of drug-likeness (QED) is 0.489. The van der Waals surface area contributed by atoms with E-state index in [1.54, 1.807) is 13.8 Å². The van der Waals surface area contributed by atoms with Crippen LogP contribution in [-0.4, -0.2) is 18.1 Å². The summed E-state index contributed by atoms with van der Waals surface area (Å²) in [5, 5.41) is 0. The van der Waals surface area contributed by atoms with Crippen molar-refractivity contribution < 1.29 is 9.53 Å². The van der Waals surface area contributed by atoms with E-state index in [-0.39, 0.29) is 0 Å². The van der Waals surface area contributed by atoms with E-state index in [0.717, 1.165) is 19.3 Å². The Morgan fingerprint density at radius 2 is 1.60 bits per heavy atom. The molecule has 0 heterocycles. The molecule has 0 saturated carbocycles. The maximum Gasteiger partial charge on any atom is 0.249 e. The zero-order valence-electron chi connectivity index (χ0n) is 12.8. The Bertz CT molecular complexity index is 376. The zero-order chi connectivity index (χ0) is 15.3. The molecule has 0 unspecified atom stereocenters. The van der Waals surface area contributed by atoms with Gasteiger partial charge in [0.25, 0.3) is 0 Å². The Morgan fingerprint density at radius 3 is 2.15 bits per heavy atom. The SMILES string of the molecule is CCC=CC=CC=CC=CCCCOC(C)(C)C(N)=O. The predicted octanol–water partition coefficient (Wildman–Crippen LogP) is 3.68. The van der Waals surface area contributed by atoms with Crippen LogP contribution in [0, 0.1) is 0 Å². The van der Waals surface area contributed by atoms with Crippen molar-refractivity contribution >= 4 is 5.91 Å². The second-order valence-corrected chi connectivity index (χ2v) is 4.90. The Balaban J connectivity index is 3.68. The smallest absolute Gasteiger partial charge is 0.249 e. The van der Waals surface area contributed by atoms with Crippen molar-refractivity contribution in [3.8, 4) is 0 Å². The molecule has 1 amide bonds. The van der Waals surface area contributed by atoms with Gasteiger partial charge in [-0.1, -0.05) is 55.5 Å². The van der Waals surface area contributed by atoms with Gasteiger partial charge in [-0.3, -0.25) is 4.79 Å². The minimum absolute atomic E-state index is 0.431.